The molecule has 0 saturated heterocycles. The van der Waals surface area contributed by atoms with Gasteiger partial charge in [0.1, 0.15) is 5.82 Å². The number of aromatic nitrogens is 1. The molecule has 1 heterocycles. The maximum absolute atomic E-state index is 12.3. The minimum atomic E-state index is -4.31. The molecule has 1 fully saturated rings. The zero-order valence-corrected chi connectivity index (χ0v) is 9.59. The molecule has 0 radical (unpaired) electrons. The summed E-state index contributed by atoms with van der Waals surface area (Å²) in [6, 6.07) is 2.84. The van der Waals surface area contributed by atoms with Gasteiger partial charge in [-0.25, -0.2) is 4.98 Å². The lowest BCUT2D eigenvalue weighted by molar-refractivity contribution is -0.137. The highest BCUT2D eigenvalue weighted by Crippen LogP contribution is 2.37. The number of halogens is 3. The van der Waals surface area contributed by atoms with Crippen molar-refractivity contribution in [2.45, 2.75) is 38.4 Å². The topological polar surface area (TPSA) is 24.9 Å². The quantitative estimate of drug-likeness (QED) is 0.873. The first-order valence-corrected chi connectivity index (χ1v) is 5.80. The molecule has 94 valence electrons. The lowest BCUT2D eigenvalue weighted by Gasteiger charge is -2.08. The van der Waals surface area contributed by atoms with Crippen LogP contribution in [0.25, 0.3) is 0 Å². The molecule has 2 atom stereocenters. The standard InChI is InChI=1S/C12H15F3N2/c1-2-3-8-6-10(8)17-11-5-4-9(7-16-11)12(13,14)15/h4-5,7-8,10H,2-3,6H2,1H3,(H,16,17). The number of rotatable bonds is 4. The third-order valence-corrected chi connectivity index (χ3v) is 3.01. The Morgan fingerprint density at radius 1 is 1.41 bits per heavy atom. The molecule has 0 bridgehead atoms. The summed E-state index contributed by atoms with van der Waals surface area (Å²) in [5.41, 5.74) is -0.705. The molecule has 2 rings (SSSR count). The summed E-state index contributed by atoms with van der Waals surface area (Å²) >= 11 is 0. The van der Waals surface area contributed by atoms with Gasteiger partial charge in [0, 0.05) is 12.2 Å². The predicted molar refractivity (Wildman–Crippen MR) is 59.7 cm³/mol. The maximum Gasteiger partial charge on any atom is 0.417 e. The van der Waals surface area contributed by atoms with E-state index in [0.717, 1.165) is 31.5 Å². The van der Waals surface area contributed by atoms with E-state index in [1.807, 2.05) is 0 Å². The molecule has 0 spiro atoms. The molecule has 1 saturated carbocycles. The molecule has 1 N–H and O–H groups in total. The Morgan fingerprint density at radius 2 is 2.18 bits per heavy atom. The average molecular weight is 244 g/mol. The van der Waals surface area contributed by atoms with Gasteiger partial charge in [0.25, 0.3) is 0 Å². The Kier molecular flexibility index (Phi) is 3.26. The lowest BCUT2D eigenvalue weighted by Crippen LogP contribution is -2.09. The summed E-state index contributed by atoms with van der Waals surface area (Å²) in [7, 11) is 0. The second-order valence-corrected chi connectivity index (χ2v) is 4.47. The van der Waals surface area contributed by atoms with E-state index in [2.05, 4.69) is 17.2 Å². The van der Waals surface area contributed by atoms with Crippen molar-refractivity contribution in [3.05, 3.63) is 23.9 Å². The van der Waals surface area contributed by atoms with Crippen molar-refractivity contribution < 1.29 is 13.2 Å². The molecule has 1 aromatic heterocycles. The van der Waals surface area contributed by atoms with Gasteiger partial charge in [-0.3, -0.25) is 0 Å². The van der Waals surface area contributed by atoms with E-state index in [4.69, 9.17) is 0 Å². The van der Waals surface area contributed by atoms with Crippen molar-refractivity contribution in [1.29, 1.82) is 0 Å². The fraction of sp³-hybridized carbons (Fsp3) is 0.583. The van der Waals surface area contributed by atoms with Crippen LogP contribution in [-0.4, -0.2) is 11.0 Å². The highest BCUT2D eigenvalue weighted by atomic mass is 19.4. The van der Waals surface area contributed by atoms with E-state index in [1.165, 1.54) is 6.07 Å². The molecule has 5 heteroatoms. The molecule has 2 unspecified atom stereocenters. The molecular weight excluding hydrogens is 229 g/mol. The molecule has 2 nitrogen and oxygen atoms in total. The SMILES string of the molecule is CCCC1CC1Nc1ccc(C(F)(F)F)cn1. The summed E-state index contributed by atoms with van der Waals surface area (Å²) in [6.45, 7) is 2.13. The van der Waals surface area contributed by atoms with Crippen molar-refractivity contribution >= 4 is 5.82 Å². The predicted octanol–water partition coefficient (Wildman–Crippen LogP) is 3.70. The van der Waals surface area contributed by atoms with Crippen LogP contribution in [0, 0.1) is 5.92 Å². The van der Waals surface area contributed by atoms with Crippen molar-refractivity contribution in [2.24, 2.45) is 5.92 Å². The number of nitrogens with zero attached hydrogens (tertiary/aromatic N) is 1. The van der Waals surface area contributed by atoms with Crippen molar-refractivity contribution in [3.63, 3.8) is 0 Å². The third kappa shape index (κ3) is 3.11. The average Bonchev–Trinajstić information content (AvgIpc) is 2.96. The van der Waals surface area contributed by atoms with Crippen LogP contribution < -0.4 is 5.32 Å². The van der Waals surface area contributed by atoms with E-state index < -0.39 is 11.7 Å². The van der Waals surface area contributed by atoms with E-state index in [9.17, 15) is 13.2 Å². The van der Waals surface area contributed by atoms with Gasteiger partial charge in [0.15, 0.2) is 0 Å². The number of nitrogens with one attached hydrogen (secondary N) is 1. The number of pyridine rings is 1. The first kappa shape index (κ1) is 12.2. The summed E-state index contributed by atoms with van der Waals surface area (Å²) in [6.07, 6.45) is -0.0342. The highest BCUT2D eigenvalue weighted by molar-refractivity contribution is 5.39. The van der Waals surface area contributed by atoms with Gasteiger partial charge in [-0.2, -0.15) is 13.2 Å². The number of anilines is 1. The van der Waals surface area contributed by atoms with Crippen molar-refractivity contribution in [1.82, 2.24) is 4.98 Å². The lowest BCUT2D eigenvalue weighted by atomic mass is 10.2. The Hall–Kier alpha value is -1.26. The van der Waals surface area contributed by atoms with Crippen molar-refractivity contribution in [2.75, 3.05) is 5.32 Å². The zero-order valence-electron chi connectivity index (χ0n) is 9.59. The van der Waals surface area contributed by atoms with E-state index in [-0.39, 0.29) is 0 Å². The summed E-state index contributed by atoms with van der Waals surface area (Å²) in [5.74, 6) is 1.19. The van der Waals surface area contributed by atoms with E-state index in [1.54, 1.807) is 0 Å². The Labute approximate surface area is 98.2 Å². The summed E-state index contributed by atoms with van der Waals surface area (Å²) in [4.78, 5) is 3.79. The normalized spacial score (nSPS) is 23.5. The van der Waals surface area contributed by atoms with Gasteiger partial charge >= 0.3 is 6.18 Å². The van der Waals surface area contributed by atoms with Crippen LogP contribution in [0.1, 0.15) is 31.7 Å². The van der Waals surface area contributed by atoms with Crippen LogP contribution in [0.2, 0.25) is 0 Å². The van der Waals surface area contributed by atoms with Crippen LogP contribution >= 0.6 is 0 Å². The second-order valence-electron chi connectivity index (χ2n) is 4.47. The number of alkyl halides is 3. The van der Waals surface area contributed by atoms with Gasteiger partial charge in [0.05, 0.1) is 5.56 Å². The van der Waals surface area contributed by atoms with Gasteiger partial charge in [0.2, 0.25) is 0 Å². The molecule has 0 amide bonds. The fourth-order valence-corrected chi connectivity index (χ4v) is 1.95. The van der Waals surface area contributed by atoms with Crippen LogP contribution in [0.15, 0.2) is 18.3 Å². The molecule has 1 aromatic rings. The van der Waals surface area contributed by atoms with Crippen LogP contribution in [0.4, 0.5) is 19.0 Å². The molecule has 1 aliphatic carbocycles. The van der Waals surface area contributed by atoms with Crippen LogP contribution in [0.3, 0.4) is 0 Å². The third-order valence-electron chi connectivity index (χ3n) is 3.01. The van der Waals surface area contributed by atoms with Gasteiger partial charge in [-0.05, 0) is 30.9 Å². The smallest absolute Gasteiger partial charge is 0.367 e. The Balaban J connectivity index is 1.91. The van der Waals surface area contributed by atoms with Gasteiger partial charge in [-0.1, -0.05) is 13.3 Å². The summed E-state index contributed by atoms with van der Waals surface area (Å²) in [5, 5.41) is 3.15. The van der Waals surface area contributed by atoms with Crippen molar-refractivity contribution in [3.8, 4) is 0 Å². The number of hydrogen-bond acceptors (Lipinski definition) is 2. The molecule has 0 aliphatic heterocycles. The molecule has 17 heavy (non-hydrogen) atoms. The maximum atomic E-state index is 12.3. The largest absolute Gasteiger partial charge is 0.417 e. The second kappa shape index (κ2) is 4.55. The Bertz CT molecular complexity index is 372. The summed E-state index contributed by atoms with van der Waals surface area (Å²) < 4.78 is 36.9. The first-order chi connectivity index (χ1) is 8.00. The fourth-order valence-electron chi connectivity index (χ4n) is 1.95. The van der Waals surface area contributed by atoms with E-state index in [0.29, 0.717) is 17.8 Å². The monoisotopic (exact) mass is 244 g/mol. The highest BCUT2D eigenvalue weighted by Gasteiger charge is 2.36. The van der Waals surface area contributed by atoms with Gasteiger partial charge < -0.3 is 5.32 Å². The Morgan fingerprint density at radius 3 is 2.71 bits per heavy atom. The van der Waals surface area contributed by atoms with Crippen LogP contribution in [-0.2, 0) is 6.18 Å². The number of hydrogen-bond donors (Lipinski definition) is 1. The van der Waals surface area contributed by atoms with Gasteiger partial charge in [-0.15, -0.1) is 0 Å². The molecule has 1 aliphatic rings. The molecule has 0 aromatic carbocycles. The molecular formula is C12H15F3N2. The minimum absolute atomic E-state index is 0.388. The minimum Gasteiger partial charge on any atom is -0.367 e. The van der Waals surface area contributed by atoms with Crippen LogP contribution in [0.5, 0.6) is 0 Å². The first-order valence-electron chi connectivity index (χ1n) is 5.80. The van der Waals surface area contributed by atoms with E-state index >= 15 is 0 Å². The zero-order chi connectivity index (χ0) is 12.5.